The van der Waals surface area contributed by atoms with Gasteiger partial charge in [0.1, 0.15) is 0 Å². The maximum atomic E-state index is 12.7. The summed E-state index contributed by atoms with van der Waals surface area (Å²) in [6, 6.07) is 21.3. The molecule has 1 aliphatic heterocycles. The van der Waals surface area contributed by atoms with Gasteiger partial charge in [-0.15, -0.1) is 0 Å². The first-order chi connectivity index (χ1) is 13.7. The van der Waals surface area contributed by atoms with E-state index in [1.54, 1.807) is 0 Å². The first-order valence-electron chi connectivity index (χ1n) is 10.8. The van der Waals surface area contributed by atoms with Crippen LogP contribution in [0.5, 0.6) is 0 Å². The van der Waals surface area contributed by atoms with E-state index >= 15 is 0 Å². The number of hydrogen-bond acceptors (Lipinski definition) is 2. The summed E-state index contributed by atoms with van der Waals surface area (Å²) < 4.78 is 0. The highest BCUT2D eigenvalue weighted by Crippen LogP contribution is 2.25. The predicted molar refractivity (Wildman–Crippen MR) is 116 cm³/mol. The summed E-state index contributed by atoms with van der Waals surface area (Å²) in [7, 11) is 0. The van der Waals surface area contributed by atoms with Crippen LogP contribution in [0.3, 0.4) is 0 Å². The van der Waals surface area contributed by atoms with Crippen LogP contribution in [-0.2, 0) is 11.2 Å². The third-order valence-corrected chi connectivity index (χ3v) is 5.99. The molecule has 0 aromatic heterocycles. The van der Waals surface area contributed by atoms with Crippen molar-refractivity contribution in [2.45, 2.75) is 45.6 Å². The van der Waals surface area contributed by atoms with Gasteiger partial charge in [0, 0.05) is 26.1 Å². The summed E-state index contributed by atoms with van der Waals surface area (Å²) >= 11 is 0. The lowest BCUT2D eigenvalue weighted by atomic mass is 9.95. The number of rotatable bonds is 8. The van der Waals surface area contributed by atoms with E-state index in [1.807, 2.05) is 13.0 Å². The largest absolute Gasteiger partial charge is 0.336 e. The maximum Gasteiger partial charge on any atom is 0.222 e. The minimum absolute atomic E-state index is 0.133. The van der Waals surface area contributed by atoms with Gasteiger partial charge in [-0.05, 0) is 49.8 Å². The number of hydrogen-bond donors (Lipinski definition) is 0. The minimum Gasteiger partial charge on any atom is -0.336 e. The van der Waals surface area contributed by atoms with Crippen LogP contribution in [-0.4, -0.2) is 41.9 Å². The Balaban J connectivity index is 1.59. The lowest BCUT2D eigenvalue weighted by Crippen LogP contribution is -2.44. The summed E-state index contributed by atoms with van der Waals surface area (Å²) in [6.07, 6.45) is 4.12. The van der Waals surface area contributed by atoms with E-state index in [0.29, 0.717) is 12.3 Å². The van der Waals surface area contributed by atoms with Crippen molar-refractivity contribution in [3.8, 4) is 0 Å². The number of nitrogens with zero attached hydrogens (tertiary/aromatic N) is 2. The van der Waals surface area contributed by atoms with Gasteiger partial charge in [-0.25, -0.2) is 0 Å². The molecule has 1 saturated heterocycles. The Morgan fingerprint density at radius 3 is 2.46 bits per heavy atom. The van der Waals surface area contributed by atoms with Gasteiger partial charge in [0.05, 0.1) is 6.04 Å². The normalized spacial score (nSPS) is 18.6. The number of piperidine rings is 1. The van der Waals surface area contributed by atoms with Crippen LogP contribution < -0.4 is 0 Å². The first-order valence-corrected chi connectivity index (χ1v) is 10.8. The average Bonchev–Trinajstić information content (AvgIpc) is 2.76. The Morgan fingerprint density at radius 1 is 1.11 bits per heavy atom. The molecule has 2 atom stereocenters. The fourth-order valence-electron chi connectivity index (χ4n) is 4.30. The molecule has 0 N–H and O–H groups in total. The second kappa shape index (κ2) is 10.4. The third kappa shape index (κ3) is 5.68. The second-order valence-electron chi connectivity index (χ2n) is 8.03. The predicted octanol–water partition coefficient (Wildman–Crippen LogP) is 4.94. The summed E-state index contributed by atoms with van der Waals surface area (Å²) in [4.78, 5) is 17.4. The van der Waals surface area contributed by atoms with E-state index in [2.05, 4.69) is 71.3 Å². The van der Waals surface area contributed by atoms with Crippen molar-refractivity contribution in [2.24, 2.45) is 5.92 Å². The Labute approximate surface area is 170 Å². The standard InChI is InChI=1S/C25H34N2O/c1-3-25(28)27(21(2)24-14-8-5-9-15-24)20-23-13-10-17-26(19-23)18-16-22-11-6-4-7-12-22/h4-9,11-12,14-15,21,23H,3,10,13,16-20H2,1-2H3/t21?,23-/m0/s1. The molecule has 3 nitrogen and oxygen atoms in total. The van der Waals surface area contributed by atoms with E-state index in [-0.39, 0.29) is 11.9 Å². The highest BCUT2D eigenvalue weighted by Gasteiger charge is 2.27. The Kier molecular flexibility index (Phi) is 7.67. The zero-order chi connectivity index (χ0) is 19.8. The zero-order valence-electron chi connectivity index (χ0n) is 17.4. The lowest BCUT2D eigenvalue weighted by molar-refractivity contribution is -0.134. The van der Waals surface area contributed by atoms with Gasteiger partial charge in [-0.3, -0.25) is 4.79 Å². The summed E-state index contributed by atoms with van der Waals surface area (Å²) in [5.41, 5.74) is 2.63. The van der Waals surface area contributed by atoms with Crippen molar-refractivity contribution in [3.05, 3.63) is 71.8 Å². The van der Waals surface area contributed by atoms with E-state index in [4.69, 9.17) is 0 Å². The molecule has 0 saturated carbocycles. The summed E-state index contributed by atoms with van der Waals surface area (Å²) in [6.45, 7) is 8.39. The van der Waals surface area contributed by atoms with Crippen molar-refractivity contribution in [2.75, 3.05) is 26.2 Å². The smallest absolute Gasteiger partial charge is 0.222 e. The van der Waals surface area contributed by atoms with Gasteiger partial charge in [0.15, 0.2) is 0 Å². The second-order valence-corrected chi connectivity index (χ2v) is 8.03. The topological polar surface area (TPSA) is 23.6 Å². The molecule has 0 bridgehead atoms. The van der Waals surface area contributed by atoms with E-state index in [1.165, 1.54) is 30.5 Å². The molecule has 0 aliphatic carbocycles. The van der Waals surface area contributed by atoms with Crippen molar-refractivity contribution in [3.63, 3.8) is 0 Å². The molecular formula is C25H34N2O. The quantitative estimate of drug-likeness (QED) is 0.649. The summed E-state index contributed by atoms with van der Waals surface area (Å²) in [5, 5.41) is 0. The van der Waals surface area contributed by atoms with E-state index < -0.39 is 0 Å². The zero-order valence-corrected chi connectivity index (χ0v) is 17.4. The molecule has 1 aliphatic rings. The van der Waals surface area contributed by atoms with Crippen molar-refractivity contribution in [1.82, 2.24) is 9.80 Å². The van der Waals surface area contributed by atoms with Crippen LogP contribution in [0.4, 0.5) is 0 Å². The molecule has 1 heterocycles. The third-order valence-electron chi connectivity index (χ3n) is 5.99. The first kappa shape index (κ1) is 20.6. The fourth-order valence-corrected chi connectivity index (χ4v) is 4.30. The van der Waals surface area contributed by atoms with Crippen LogP contribution in [0.25, 0.3) is 0 Å². The fraction of sp³-hybridized carbons (Fsp3) is 0.480. The van der Waals surface area contributed by atoms with Gasteiger partial charge in [-0.1, -0.05) is 67.6 Å². The summed E-state index contributed by atoms with van der Waals surface area (Å²) in [5.74, 6) is 0.823. The number of carbonyl (C=O) groups excluding carboxylic acids is 1. The van der Waals surface area contributed by atoms with Gasteiger partial charge in [0.25, 0.3) is 0 Å². The molecule has 2 aromatic carbocycles. The molecule has 3 rings (SSSR count). The van der Waals surface area contributed by atoms with Crippen LogP contribution >= 0.6 is 0 Å². The average molecular weight is 379 g/mol. The van der Waals surface area contributed by atoms with E-state index in [0.717, 1.165) is 26.1 Å². The molecule has 0 radical (unpaired) electrons. The van der Waals surface area contributed by atoms with E-state index in [9.17, 15) is 4.79 Å². The Bertz CT molecular complexity index is 716. The molecule has 0 spiro atoms. The van der Waals surface area contributed by atoms with Crippen LogP contribution in [0.1, 0.15) is 50.3 Å². The van der Waals surface area contributed by atoms with Crippen LogP contribution in [0.15, 0.2) is 60.7 Å². The van der Waals surface area contributed by atoms with Gasteiger partial charge in [-0.2, -0.15) is 0 Å². The molecule has 2 aromatic rings. The molecular weight excluding hydrogens is 344 g/mol. The molecule has 3 heteroatoms. The van der Waals surface area contributed by atoms with Crippen molar-refractivity contribution < 1.29 is 4.79 Å². The SMILES string of the molecule is CCC(=O)N(C[C@H]1CCCN(CCc2ccccc2)C1)C(C)c1ccccc1. The number of carbonyl (C=O) groups is 1. The van der Waals surface area contributed by atoms with Gasteiger partial charge in [0.2, 0.25) is 5.91 Å². The highest BCUT2D eigenvalue weighted by atomic mass is 16.2. The number of amides is 1. The van der Waals surface area contributed by atoms with Gasteiger partial charge >= 0.3 is 0 Å². The van der Waals surface area contributed by atoms with Crippen molar-refractivity contribution >= 4 is 5.91 Å². The lowest BCUT2D eigenvalue weighted by Gasteiger charge is -2.38. The molecule has 1 unspecified atom stereocenters. The number of benzene rings is 2. The molecule has 1 fully saturated rings. The van der Waals surface area contributed by atoms with Gasteiger partial charge < -0.3 is 9.80 Å². The minimum atomic E-state index is 0.133. The van der Waals surface area contributed by atoms with Crippen LogP contribution in [0, 0.1) is 5.92 Å². The monoisotopic (exact) mass is 378 g/mol. The molecule has 28 heavy (non-hydrogen) atoms. The Morgan fingerprint density at radius 2 is 1.79 bits per heavy atom. The van der Waals surface area contributed by atoms with Crippen molar-refractivity contribution in [1.29, 1.82) is 0 Å². The Hall–Kier alpha value is -2.13. The molecule has 150 valence electrons. The highest BCUT2D eigenvalue weighted by molar-refractivity contribution is 5.76. The van der Waals surface area contributed by atoms with Crippen LogP contribution in [0.2, 0.25) is 0 Å². The maximum absolute atomic E-state index is 12.7. The number of likely N-dealkylation sites (tertiary alicyclic amines) is 1. The molecule has 1 amide bonds.